The highest BCUT2D eigenvalue weighted by Crippen LogP contribution is 2.25. The molecule has 0 spiro atoms. The standard InChI is InChI=1S/C25H35N3O4S/c1-18-12-9-14-23(20(18)3)28(33(6,31)32)16-10-15-24(29)27(21(4)25(30)26-5)17-22-13-8-7-11-19(22)2/h7-9,11-14,21H,10,15-17H2,1-6H3,(H,26,30)/t21-/m1/s1. The lowest BCUT2D eigenvalue weighted by Crippen LogP contribution is -2.47. The largest absolute Gasteiger partial charge is 0.357 e. The van der Waals surface area contributed by atoms with Crippen molar-refractivity contribution in [2.75, 3.05) is 24.2 Å². The molecule has 1 atom stereocenters. The van der Waals surface area contributed by atoms with Crippen LogP contribution in [-0.4, -0.2) is 51.0 Å². The minimum atomic E-state index is -3.52. The molecule has 2 aromatic rings. The Morgan fingerprint density at radius 1 is 1.00 bits per heavy atom. The zero-order valence-electron chi connectivity index (χ0n) is 20.4. The summed E-state index contributed by atoms with van der Waals surface area (Å²) < 4.78 is 26.4. The van der Waals surface area contributed by atoms with Crippen LogP contribution in [-0.2, 0) is 26.2 Å². The van der Waals surface area contributed by atoms with Crippen LogP contribution >= 0.6 is 0 Å². The first-order valence-corrected chi connectivity index (χ1v) is 12.9. The molecule has 0 aliphatic carbocycles. The smallest absolute Gasteiger partial charge is 0.242 e. The molecule has 0 unspecified atom stereocenters. The number of carbonyl (C=O) groups excluding carboxylic acids is 2. The number of anilines is 1. The average Bonchev–Trinajstić information content (AvgIpc) is 2.76. The van der Waals surface area contributed by atoms with E-state index in [1.54, 1.807) is 24.9 Å². The second-order valence-electron chi connectivity index (χ2n) is 8.40. The molecule has 180 valence electrons. The van der Waals surface area contributed by atoms with Crippen molar-refractivity contribution in [3.05, 3.63) is 64.7 Å². The number of nitrogens with one attached hydrogen (secondary N) is 1. The summed E-state index contributed by atoms with van der Waals surface area (Å²) in [5.41, 5.74) is 4.53. The van der Waals surface area contributed by atoms with Gasteiger partial charge in [0.15, 0.2) is 0 Å². The summed E-state index contributed by atoms with van der Waals surface area (Å²) in [6, 6.07) is 12.6. The molecule has 8 heteroatoms. The number of benzene rings is 2. The predicted octanol–water partition coefficient (Wildman–Crippen LogP) is 3.32. The second-order valence-corrected chi connectivity index (χ2v) is 10.3. The summed E-state index contributed by atoms with van der Waals surface area (Å²) in [6.45, 7) is 7.99. The Morgan fingerprint density at radius 2 is 1.64 bits per heavy atom. The Kier molecular flexibility index (Phi) is 9.05. The lowest BCUT2D eigenvalue weighted by Gasteiger charge is -2.30. The number of rotatable bonds is 10. The summed E-state index contributed by atoms with van der Waals surface area (Å²) in [5.74, 6) is -0.436. The zero-order chi connectivity index (χ0) is 24.8. The van der Waals surface area contributed by atoms with E-state index in [2.05, 4.69) is 5.32 Å². The molecule has 0 bridgehead atoms. The van der Waals surface area contributed by atoms with Gasteiger partial charge in [0.1, 0.15) is 6.04 Å². The first-order valence-electron chi connectivity index (χ1n) is 11.1. The number of sulfonamides is 1. The first-order chi connectivity index (χ1) is 15.5. The lowest BCUT2D eigenvalue weighted by atomic mass is 10.1. The Morgan fingerprint density at radius 3 is 2.24 bits per heavy atom. The maximum absolute atomic E-state index is 13.2. The fraction of sp³-hybridized carbons (Fsp3) is 0.440. The molecular weight excluding hydrogens is 438 g/mol. The maximum atomic E-state index is 13.2. The van der Waals surface area contributed by atoms with Crippen LogP contribution < -0.4 is 9.62 Å². The zero-order valence-corrected chi connectivity index (χ0v) is 21.2. The molecule has 0 heterocycles. The molecule has 0 aliphatic heterocycles. The van der Waals surface area contributed by atoms with Crippen LogP contribution in [0.5, 0.6) is 0 Å². The molecular formula is C25H35N3O4S. The quantitative estimate of drug-likeness (QED) is 0.574. The van der Waals surface area contributed by atoms with Crippen molar-refractivity contribution >= 4 is 27.5 Å². The average molecular weight is 474 g/mol. The van der Waals surface area contributed by atoms with E-state index < -0.39 is 16.1 Å². The molecule has 2 amide bonds. The van der Waals surface area contributed by atoms with Gasteiger partial charge < -0.3 is 10.2 Å². The van der Waals surface area contributed by atoms with E-state index in [-0.39, 0.29) is 24.8 Å². The van der Waals surface area contributed by atoms with Crippen molar-refractivity contribution in [1.29, 1.82) is 0 Å². The Balaban J connectivity index is 2.19. The van der Waals surface area contributed by atoms with Gasteiger partial charge in [-0.3, -0.25) is 13.9 Å². The molecule has 0 saturated carbocycles. The topological polar surface area (TPSA) is 86.8 Å². The van der Waals surface area contributed by atoms with Crippen molar-refractivity contribution in [1.82, 2.24) is 10.2 Å². The first kappa shape index (κ1) is 26.4. The molecule has 2 aromatic carbocycles. The van der Waals surface area contributed by atoms with Crippen LogP contribution in [0.15, 0.2) is 42.5 Å². The third kappa shape index (κ3) is 6.81. The van der Waals surface area contributed by atoms with Gasteiger partial charge >= 0.3 is 0 Å². The minimum Gasteiger partial charge on any atom is -0.357 e. The summed E-state index contributed by atoms with van der Waals surface area (Å²) in [7, 11) is -1.97. The fourth-order valence-electron chi connectivity index (χ4n) is 3.75. The third-order valence-electron chi connectivity index (χ3n) is 6.01. The van der Waals surface area contributed by atoms with Gasteiger partial charge in [-0.15, -0.1) is 0 Å². The van der Waals surface area contributed by atoms with Crippen LogP contribution in [0.25, 0.3) is 0 Å². The molecule has 33 heavy (non-hydrogen) atoms. The number of aryl methyl sites for hydroxylation is 2. The summed E-state index contributed by atoms with van der Waals surface area (Å²) in [4.78, 5) is 27.1. The van der Waals surface area contributed by atoms with E-state index in [4.69, 9.17) is 0 Å². The number of hydrogen-bond acceptors (Lipinski definition) is 4. The number of likely N-dealkylation sites (N-methyl/N-ethyl adjacent to an activating group) is 1. The molecule has 0 fully saturated rings. The highest BCUT2D eigenvalue weighted by Gasteiger charge is 2.26. The van der Waals surface area contributed by atoms with Crippen LogP contribution in [0.2, 0.25) is 0 Å². The van der Waals surface area contributed by atoms with Gasteiger partial charge in [-0.05, 0) is 62.4 Å². The Bertz CT molecular complexity index is 1100. The van der Waals surface area contributed by atoms with Crippen LogP contribution in [0, 0.1) is 20.8 Å². The second kappa shape index (κ2) is 11.3. The fourth-order valence-corrected chi connectivity index (χ4v) is 4.77. The van der Waals surface area contributed by atoms with E-state index in [0.717, 1.165) is 22.3 Å². The monoisotopic (exact) mass is 473 g/mol. The van der Waals surface area contributed by atoms with Crippen molar-refractivity contribution in [3.8, 4) is 0 Å². The number of amides is 2. The Labute approximate surface area is 197 Å². The third-order valence-corrected chi connectivity index (χ3v) is 7.19. The SMILES string of the molecule is CNC(=O)[C@@H](C)N(Cc1ccccc1C)C(=O)CCCN(c1cccc(C)c1C)S(C)(=O)=O. The number of nitrogens with zero attached hydrogens (tertiary/aromatic N) is 2. The van der Waals surface area contributed by atoms with Gasteiger partial charge in [0.2, 0.25) is 21.8 Å². The summed E-state index contributed by atoms with van der Waals surface area (Å²) in [6.07, 6.45) is 1.64. The number of hydrogen-bond donors (Lipinski definition) is 1. The Hall–Kier alpha value is -2.87. The highest BCUT2D eigenvalue weighted by molar-refractivity contribution is 7.92. The molecule has 0 aliphatic rings. The van der Waals surface area contributed by atoms with Crippen LogP contribution in [0.3, 0.4) is 0 Å². The van der Waals surface area contributed by atoms with Crippen molar-refractivity contribution in [2.45, 2.75) is 53.1 Å². The highest BCUT2D eigenvalue weighted by atomic mass is 32.2. The van der Waals surface area contributed by atoms with Crippen LogP contribution in [0.4, 0.5) is 5.69 Å². The van der Waals surface area contributed by atoms with Crippen LogP contribution in [0.1, 0.15) is 42.0 Å². The maximum Gasteiger partial charge on any atom is 0.242 e. The molecule has 7 nitrogen and oxygen atoms in total. The molecule has 0 aromatic heterocycles. The van der Waals surface area contributed by atoms with E-state index in [0.29, 0.717) is 18.7 Å². The molecule has 0 radical (unpaired) electrons. The molecule has 1 N–H and O–H groups in total. The van der Waals surface area contributed by atoms with Crippen molar-refractivity contribution in [2.24, 2.45) is 0 Å². The van der Waals surface area contributed by atoms with Gasteiger partial charge in [-0.2, -0.15) is 0 Å². The molecule has 0 saturated heterocycles. The predicted molar refractivity (Wildman–Crippen MR) is 133 cm³/mol. The van der Waals surface area contributed by atoms with E-state index in [1.165, 1.54) is 10.6 Å². The van der Waals surface area contributed by atoms with E-state index in [9.17, 15) is 18.0 Å². The molecule has 2 rings (SSSR count). The number of carbonyl (C=O) groups is 2. The van der Waals surface area contributed by atoms with Gasteiger partial charge in [-0.25, -0.2) is 8.42 Å². The van der Waals surface area contributed by atoms with E-state index >= 15 is 0 Å². The summed E-state index contributed by atoms with van der Waals surface area (Å²) >= 11 is 0. The van der Waals surface area contributed by atoms with Crippen molar-refractivity contribution < 1.29 is 18.0 Å². The van der Waals surface area contributed by atoms with E-state index in [1.807, 2.05) is 57.2 Å². The normalized spacial score (nSPS) is 12.2. The van der Waals surface area contributed by atoms with Gasteiger partial charge in [-0.1, -0.05) is 36.4 Å². The van der Waals surface area contributed by atoms with Gasteiger partial charge in [0.05, 0.1) is 11.9 Å². The van der Waals surface area contributed by atoms with Gasteiger partial charge in [0.25, 0.3) is 0 Å². The lowest BCUT2D eigenvalue weighted by molar-refractivity contribution is -0.140. The van der Waals surface area contributed by atoms with Gasteiger partial charge in [0, 0.05) is 26.6 Å². The summed E-state index contributed by atoms with van der Waals surface area (Å²) in [5, 5.41) is 2.61. The van der Waals surface area contributed by atoms with Crippen molar-refractivity contribution in [3.63, 3.8) is 0 Å². The minimum absolute atomic E-state index is 0.129.